The van der Waals surface area contributed by atoms with Gasteiger partial charge >= 0.3 is 6.09 Å². The van der Waals surface area contributed by atoms with Gasteiger partial charge in [-0.15, -0.1) is 0 Å². The van der Waals surface area contributed by atoms with Crippen LogP contribution in [0.25, 0.3) is 11.1 Å². The summed E-state index contributed by atoms with van der Waals surface area (Å²) in [5.74, 6) is -1.92. The van der Waals surface area contributed by atoms with Crippen LogP contribution in [0.3, 0.4) is 0 Å². The van der Waals surface area contributed by atoms with Crippen molar-refractivity contribution >= 4 is 11.8 Å². The molecular weight excluding hydrogens is 364 g/mol. The first-order valence-corrected chi connectivity index (χ1v) is 8.79. The number of fused-ring (bicyclic) bond motifs is 3. The van der Waals surface area contributed by atoms with Crippen molar-refractivity contribution < 1.29 is 23.4 Å². The zero-order valence-corrected chi connectivity index (χ0v) is 14.8. The van der Waals surface area contributed by atoms with Gasteiger partial charge in [-0.1, -0.05) is 48.5 Å². The smallest absolute Gasteiger partial charge is 0.411 e. The van der Waals surface area contributed by atoms with E-state index >= 15 is 0 Å². The first kappa shape index (κ1) is 18.1. The third kappa shape index (κ3) is 3.23. The topological polar surface area (TPSA) is 58.6 Å². The number of halogens is 2. The molecule has 6 heteroatoms. The molecule has 0 saturated heterocycles. The van der Waals surface area contributed by atoms with E-state index in [0.29, 0.717) is 6.07 Å². The highest BCUT2D eigenvalue weighted by Crippen LogP contribution is 2.44. The maximum atomic E-state index is 13.7. The van der Waals surface area contributed by atoms with E-state index < -0.39 is 24.3 Å². The van der Waals surface area contributed by atoms with Crippen LogP contribution in [0.5, 0.6) is 0 Å². The number of anilines is 1. The molecule has 0 heterocycles. The van der Waals surface area contributed by atoms with Crippen LogP contribution in [0.2, 0.25) is 0 Å². The zero-order chi connectivity index (χ0) is 19.7. The average molecular weight is 381 g/mol. The third-order valence-electron chi connectivity index (χ3n) is 4.90. The molecule has 1 aliphatic rings. The van der Waals surface area contributed by atoms with E-state index in [1.165, 1.54) is 0 Å². The molecule has 4 nitrogen and oxygen atoms in total. The molecule has 0 bridgehead atoms. The molecule has 0 fully saturated rings. The molecule has 0 radical (unpaired) electrons. The van der Waals surface area contributed by atoms with E-state index in [1.54, 1.807) is 0 Å². The number of aliphatic hydroxyl groups is 1. The minimum Gasteiger partial charge on any atom is -0.448 e. The molecular formula is C22H17F2NO3. The van der Waals surface area contributed by atoms with E-state index in [4.69, 9.17) is 4.74 Å². The van der Waals surface area contributed by atoms with Gasteiger partial charge in [0, 0.05) is 17.5 Å². The largest absolute Gasteiger partial charge is 0.448 e. The second-order valence-electron chi connectivity index (χ2n) is 6.52. The molecule has 3 aromatic rings. The number of ether oxygens (including phenoxy) is 1. The van der Waals surface area contributed by atoms with Crippen molar-refractivity contribution in [1.29, 1.82) is 0 Å². The standard InChI is InChI=1S/C22H17F2NO3/c23-13-9-20(24)18(11-26)21(10-13)25-22(27)28-12-19-16-7-3-1-5-14(16)15-6-2-4-8-17(15)19/h1-10,19,26H,11-12H2,(H,25,27). The molecule has 0 atom stereocenters. The highest BCUT2D eigenvalue weighted by molar-refractivity contribution is 5.86. The summed E-state index contributed by atoms with van der Waals surface area (Å²) in [6, 6.07) is 17.4. The van der Waals surface area contributed by atoms with Crippen LogP contribution in [0.4, 0.5) is 19.3 Å². The van der Waals surface area contributed by atoms with Crippen LogP contribution in [0.1, 0.15) is 22.6 Å². The van der Waals surface area contributed by atoms with Crippen molar-refractivity contribution in [2.45, 2.75) is 12.5 Å². The van der Waals surface area contributed by atoms with E-state index in [1.807, 2.05) is 48.5 Å². The number of hydrogen-bond donors (Lipinski definition) is 2. The Bertz CT molecular complexity index is 1010. The first-order chi connectivity index (χ1) is 13.6. The van der Waals surface area contributed by atoms with Crippen molar-refractivity contribution in [3.63, 3.8) is 0 Å². The molecule has 2 N–H and O–H groups in total. The predicted octanol–water partition coefficient (Wildman–Crippen LogP) is 4.82. The maximum Gasteiger partial charge on any atom is 0.411 e. The van der Waals surface area contributed by atoms with E-state index in [-0.39, 0.29) is 23.8 Å². The van der Waals surface area contributed by atoms with Gasteiger partial charge in [0.25, 0.3) is 0 Å². The fourth-order valence-corrected chi connectivity index (χ4v) is 3.62. The lowest BCUT2D eigenvalue weighted by atomic mass is 9.98. The lowest BCUT2D eigenvalue weighted by Gasteiger charge is -2.15. The molecule has 1 aliphatic carbocycles. The highest BCUT2D eigenvalue weighted by atomic mass is 19.1. The van der Waals surface area contributed by atoms with Crippen LogP contribution in [-0.4, -0.2) is 17.8 Å². The maximum absolute atomic E-state index is 13.7. The number of benzene rings is 3. The Morgan fingerprint density at radius 3 is 2.21 bits per heavy atom. The SMILES string of the molecule is O=C(Nc1cc(F)cc(F)c1CO)OCC1c2ccccc2-c2ccccc21. The first-order valence-electron chi connectivity index (χ1n) is 8.79. The Morgan fingerprint density at radius 1 is 1.00 bits per heavy atom. The van der Waals surface area contributed by atoms with Crippen LogP contribution in [-0.2, 0) is 11.3 Å². The molecule has 0 aliphatic heterocycles. The lowest BCUT2D eigenvalue weighted by Crippen LogP contribution is -2.19. The normalized spacial score (nSPS) is 12.4. The number of carbonyl (C=O) groups excluding carboxylic acids is 1. The number of rotatable bonds is 4. The molecule has 0 saturated carbocycles. The Morgan fingerprint density at radius 2 is 1.61 bits per heavy atom. The summed E-state index contributed by atoms with van der Waals surface area (Å²) >= 11 is 0. The van der Waals surface area contributed by atoms with E-state index in [9.17, 15) is 18.7 Å². The van der Waals surface area contributed by atoms with Gasteiger partial charge < -0.3 is 9.84 Å². The monoisotopic (exact) mass is 381 g/mol. The van der Waals surface area contributed by atoms with Crippen molar-refractivity contribution in [2.24, 2.45) is 0 Å². The summed E-state index contributed by atoms with van der Waals surface area (Å²) in [6.45, 7) is -0.600. The molecule has 0 spiro atoms. The molecule has 0 aromatic heterocycles. The number of hydrogen-bond acceptors (Lipinski definition) is 3. The molecule has 3 aromatic carbocycles. The Kier molecular flexibility index (Phi) is 4.79. The summed E-state index contributed by atoms with van der Waals surface area (Å²) in [6.07, 6.45) is -0.846. The van der Waals surface area contributed by atoms with Gasteiger partial charge in [0.05, 0.1) is 12.3 Å². The van der Waals surface area contributed by atoms with Gasteiger partial charge in [-0.25, -0.2) is 13.6 Å². The molecule has 0 unspecified atom stereocenters. The van der Waals surface area contributed by atoms with Crippen LogP contribution >= 0.6 is 0 Å². The quantitative estimate of drug-likeness (QED) is 0.681. The average Bonchev–Trinajstić information content (AvgIpc) is 3.00. The molecule has 1 amide bonds. The zero-order valence-electron chi connectivity index (χ0n) is 14.8. The van der Waals surface area contributed by atoms with Crippen LogP contribution < -0.4 is 5.32 Å². The van der Waals surface area contributed by atoms with Crippen molar-refractivity contribution in [2.75, 3.05) is 11.9 Å². The van der Waals surface area contributed by atoms with E-state index in [0.717, 1.165) is 28.3 Å². The number of nitrogens with one attached hydrogen (secondary N) is 1. The van der Waals surface area contributed by atoms with Crippen molar-refractivity contribution in [1.82, 2.24) is 0 Å². The Hall–Kier alpha value is -3.25. The summed E-state index contributed by atoms with van der Waals surface area (Å²) in [5, 5.41) is 11.6. The summed E-state index contributed by atoms with van der Waals surface area (Å²) in [5.41, 5.74) is 3.96. The van der Waals surface area contributed by atoms with Gasteiger partial charge in [-0.05, 0) is 28.3 Å². The third-order valence-corrected chi connectivity index (χ3v) is 4.90. The Labute approximate surface area is 160 Å². The number of aliphatic hydroxyl groups excluding tert-OH is 1. The Balaban J connectivity index is 1.52. The van der Waals surface area contributed by atoms with Gasteiger partial charge in [-0.2, -0.15) is 0 Å². The second kappa shape index (κ2) is 7.40. The summed E-state index contributed by atoms with van der Waals surface area (Å²) < 4.78 is 32.5. The lowest BCUT2D eigenvalue weighted by molar-refractivity contribution is 0.158. The van der Waals surface area contributed by atoms with Crippen LogP contribution in [0.15, 0.2) is 60.7 Å². The van der Waals surface area contributed by atoms with Crippen molar-refractivity contribution in [3.8, 4) is 11.1 Å². The second-order valence-corrected chi connectivity index (χ2v) is 6.52. The van der Waals surface area contributed by atoms with Crippen LogP contribution in [0, 0.1) is 11.6 Å². The van der Waals surface area contributed by atoms with Gasteiger partial charge in [0.15, 0.2) is 0 Å². The van der Waals surface area contributed by atoms with Gasteiger partial charge in [0.1, 0.15) is 18.2 Å². The van der Waals surface area contributed by atoms with Gasteiger partial charge in [0.2, 0.25) is 0 Å². The summed E-state index contributed by atoms with van der Waals surface area (Å²) in [7, 11) is 0. The van der Waals surface area contributed by atoms with E-state index in [2.05, 4.69) is 5.32 Å². The summed E-state index contributed by atoms with van der Waals surface area (Å²) in [4.78, 5) is 12.2. The molecule has 142 valence electrons. The van der Waals surface area contributed by atoms with Crippen molar-refractivity contribution in [3.05, 3.63) is 89.0 Å². The number of amides is 1. The predicted molar refractivity (Wildman–Crippen MR) is 101 cm³/mol. The minimum atomic E-state index is -0.934. The van der Waals surface area contributed by atoms with Gasteiger partial charge in [-0.3, -0.25) is 5.32 Å². The fourth-order valence-electron chi connectivity index (χ4n) is 3.62. The minimum absolute atomic E-state index is 0.0755. The molecule has 4 rings (SSSR count). The number of carbonyl (C=O) groups is 1. The fraction of sp³-hybridized carbons (Fsp3) is 0.136. The molecule has 28 heavy (non-hydrogen) atoms. The highest BCUT2D eigenvalue weighted by Gasteiger charge is 2.29.